The summed E-state index contributed by atoms with van der Waals surface area (Å²) in [5.74, 6) is -0.668. The second kappa shape index (κ2) is 3.18. The molecule has 0 heterocycles. The Morgan fingerprint density at radius 3 is 2.31 bits per heavy atom. The molecule has 0 fully saturated rings. The molecule has 0 saturated carbocycles. The second-order valence-corrected chi connectivity index (χ2v) is 4.42. The van der Waals surface area contributed by atoms with Gasteiger partial charge < -0.3 is 5.11 Å². The highest BCUT2D eigenvalue weighted by Crippen LogP contribution is 2.33. The fraction of sp³-hybridized carbons (Fsp3) is 0.400. The van der Waals surface area contributed by atoms with Crippen LogP contribution in [0.3, 0.4) is 0 Å². The van der Waals surface area contributed by atoms with Crippen molar-refractivity contribution < 1.29 is 9.50 Å². The van der Waals surface area contributed by atoms with Gasteiger partial charge in [0.25, 0.3) is 0 Å². The van der Waals surface area contributed by atoms with Gasteiger partial charge in [-0.1, -0.05) is 32.4 Å². The lowest BCUT2D eigenvalue weighted by molar-refractivity contribution is 0.463. The molecule has 0 radical (unpaired) electrons. The standard InChI is InChI=1S/C10H12ClFO/c1-10(2,3)7-4-6(13)5-8(12)9(7)11/h4-5,13H,1-3H3. The molecule has 1 nitrogen and oxygen atoms in total. The van der Waals surface area contributed by atoms with E-state index in [1.54, 1.807) is 0 Å². The lowest BCUT2D eigenvalue weighted by Gasteiger charge is -2.20. The molecule has 0 aliphatic heterocycles. The first kappa shape index (κ1) is 10.3. The van der Waals surface area contributed by atoms with E-state index in [2.05, 4.69) is 0 Å². The highest BCUT2D eigenvalue weighted by atomic mass is 35.5. The number of benzene rings is 1. The van der Waals surface area contributed by atoms with Crippen molar-refractivity contribution in [1.82, 2.24) is 0 Å². The van der Waals surface area contributed by atoms with Crippen LogP contribution in [0, 0.1) is 5.82 Å². The van der Waals surface area contributed by atoms with Crippen molar-refractivity contribution in [2.45, 2.75) is 26.2 Å². The van der Waals surface area contributed by atoms with E-state index in [0.29, 0.717) is 5.56 Å². The van der Waals surface area contributed by atoms with Crippen molar-refractivity contribution >= 4 is 11.6 Å². The van der Waals surface area contributed by atoms with Gasteiger partial charge in [-0.3, -0.25) is 0 Å². The molecule has 0 saturated heterocycles. The Balaban J connectivity index is 3.37. The molecular weight excluding hydrogens is 191 g/mol. The molecule has 13 heavy (non-hydrogen) atoms. The number of phenols is 1. The van der Waals surface area contributed by atoms with E-state index in [1.807, 2.05) is 20.8 Å². The van der Waals surface area contributed by atoms with E-state index in [9.17, 15) is 9.50 Å². The van der Waals surface area contributed by atoms with Gasteiger partial charge in [0.2, 0.25) is 0 Å². The summed E-state index contributed by atoms with van der Waals surface area (Å²) in [6.07, 6.45) is 0. The summed E-state index contributed by atoms with van der Waals surface area (Å²) in [4.78, 5) is 0. The molecule has 72 valence electrons. The van der Waals surface area contributed by atoms with Gasteiger partial charge in [0, 0.05) is 6.07 Å². The molecule has 0 aliphatic carbocycles. The number of phenolic OH excluding ortho intramolecular Hbond substituents is 1. The number of aromatic hydroxyl groups is 1. The minimum absolute atomic E-state index is 0.0882. The maximum Gasteiger partial charge on any atom is 0.145 e. The van der Waals surface area contributed by atoms with Crippen LogP contribution in [0.5, 0.6) is 5.75 Å². The molecule has 0 bridgehead atoms. The van der Waals surface area contributed by atoms with E-state index in [-0.39, 0.29) is 16.2 Å². The third kappa shape index (κ3) is 2.13. The lowest BCUT2D eigenvalue weighted by Crippen LogP contribution is -2.12. The second-order valence-electron chi connectivity index (χ2n) is 4.04. The molecule has 1 aromatic rings. The fourth-order valence-electron chi connectivity index (χ4n) is 1.12. The first-order chi connectivity index (χ1) is 5.82. The largest absolute Gasteiger partial charge is 0.508 e. The first-order valence-corrected chi connectivity index (χ1v) is 4.38. The molecule has 0 spiro atoms. The number of rotatable bonds is 0. The van der Waals surface area contributed by atoms with Gasteiger partial charge in [0.05, 0.1) is 5.02 Å². The van der Waals surface area contributed by atoms with Crippen LogP contribution in [0.15, 0.2) is 12.1 Å². The average Bonchev–Trinajstić information content (AvgIpc) is 1.94. The van der Waals surface area contributed by atoms with Crippen molar-refractivity contribution in [2.24, 2.45) is 0 Å². The predicted octanol–water partition coefficient (Wildman–Crippen LogP) is 3.48. The molecule has 0 aliphatic rings. The zero-order chi connectivity index (χ0) is 10.2. The van der Waals surface area contributed by atoms with Gasteiger partial charge >= 0.3 is 0 Å². The molecule has 0 unspecified atom stereocenters. The number of hydrogen-bond acceptors (Lipinski definition) is 1. The Morgan fingerprint density at radius 1 is 1.31 bits per heavy atom. The van der Waals surface area contributed by atoms with Crippen LogP contribution in [-0.4, -0.2) is 5.11 Å². The van der Waals surface area contributed by atoms with Crippen molar-refractivity contribution in [3.63, 3.8) is 0 Å². The van der Waals surface area contributed by atoms with Crippen LogP contribution in [-0.2, 0) is 5.41 Å². The summed E-state index contributed by atoms with van der Waals surface area (Å²) in [5, 5.41) is 9.27. The van der Waals surface area contributed by atoms with E-state index in [4.69, 9.17) is 11.6 Å². The van der Waals surface area contributed by atoms with Gasteiger partial charge in [-0.05, 0) is 17.0 Å². The summed E-state index contributed by atoms with van der Waals surface area (Å²) >= 11 is 5.76. The minimum atomic E-state index is -0.577. The van der Waals surface area contributed by atoms with E-state index < -0.39 is 5.82 Å². The third-order valence-electron chi connectivity index (χ3n) is 1.82. The summed E-state index contributed by atoms with van der Waals surface area (Å²) in [6, 6.07) is 2.50. The normalized spacial score (nSPS) is 11.8. The fourth-order valence-corrected chi connectivity index (χ4v) is 1.51. The van der Waals surface area contributed by atoms with Gasteiger partial charge in [-0.15, -0.1) is 0 Å². The molecule has 0 amide bonds. The Labute approximate surface area is 82.2 Å². The molecule has 1 rings (SSSR count). The first-order valence-electron chi connectivity index (χ1n) is 4.01. The molecule has 1 N–H and O–H groups in total. The third-order valence-corrected chi connectivity index (χ3v) is 2.21. The summed E-state index contributed by atoms with van der Waals surface area (Å²) in [7, 11) is 0. The highest BCUT2D eigenvalue weighted by Gasteiger charge is 2.20. The highest BCUT2D eigenvalue weighted by molar-refractivity contribution is 6.31. The van der Waals surface area contributed by atoms with Crippen molar-refractivity contribution in [1.29, 1.82) is 0 Å². The van der Waals surface area contributed by atoms with Crippen LogP contribution >= 0.6 is 11.6 Å². The smallest absolute Gasteiger partial charge is 0.145 e. The topological polar surface area (TPSA) is 20.2 Å². The Kier molecular flexibility index (Phi) is 2.53. The van der Waals surface area contributed by atoms with Crippen LogP contribution in [0.25, 0.3) is 0 Å². The van der Waals surface area contributed by atoms with E-state index >= 15 is 0 Å². The van der Waals surface area contributed by atoms with Crippen LogP contribution in [0.4, 0.5) is 4.39 Å². The Hall–Kier alpha value is -0.760. The maximum atomic E-state index is 13.1. The molecule has 3 heteroatoms. The van der Waals surface area contributed by atoms with Crippen molar-refractivity contribution in [3.8, 4) is 5.75 Å². The zero-order valence-corrected chi connectivity index (χ0v) is 8.61. The molecule has 1 aromatic carbocycles. The molecule has 0 aromatic heterocycles. The van der Waals surface area contributed by atoms with Gasteiger partial charge in [-0.2, -0.15) is 0 Å². The van der Waals surface area contributed by atoms with Gasteiger partial charge in [-0.25, -0.2) is 4.39 Å². The van der Waals surface area contributed by atoms with Crippen molar-refractivity contribution in [3.05, 3.63) is 28.5 Å². The Bertz CT molecular complexity index is 328. The maximum absolute atomic E-state index is 13.1. The summed E-state index contributed by atoms with van der Waals surface area (Å²) in [5.41, 5.74) is 0.350. The predicted molar refractivity (Wildman–Crippen MR) is 51.8 cm³/mol. The van der Waals surface area contributed by atoms with Gasteiger partial charge in [0.15, 0.2) is 0 Å². The van der Waals surface area contributed by atoms with E-state index in [0.717, 1.165) is 6.07 Å². The van der Waals surface area contributed by atoms with Crippen LogP contribution < -0.4 is 0 Å². The monoisotopic (exact) mass is 202 g/mol. The van der Waals surface area contributed by atoms with Gasteiger partial charge in [0.1, 0.15) is 11.6 Å². The molecule has 0 atom stereocenters. The van der Waals surface area contributed by atoms with Crippen molar-refractivity contribution in [2.75, 3.05) is 0 Å². The zero-order valence-electron chi connectivity index (χ0n) is 7.86. The summed E-state index contributed by atoms with van der Waals surface area (Å²) < 4.78 is 13.1. The Morgan fingerprint density at radius 2 is 1.85 bits per heavy atom. The van der Waals surface area contributed by atoms with Crippen LogP contribution in [0.2, 0.25) is 5.02 Å². The van der Waals surface area contributed by atoms with Crippen LogP contribution in [0.1, 0.15) is 26.3 Å². The minimum Gasteiger partial charge on any atom is -0.508 e. The SMILES string of the molecule is CC(C)(C)c1cc(O)cc(F)c1Cl. The molecular formula is C10H12ClFO. The number of halogens is 2. The summed E-state index contributed by atoms with van der Waals surface area (Å²) in [6.45, 7) is 5.73. The quantitative estimate of drug-likeness (QED) is 0.683. The lowest BCUT2D eigenvalue weighted by atomic mass is 9.87. The number of hydrogen-bond donors (Lipinski definition) is 1. The average molecular weight is 203 g/mol. The van der Waals surface area contributed by atoms with E-state index in [1.165, 1.54) is 6.07 Å².